The zero-order valence-electron chi connectivity index (χ0n) is 11.4. The van der Waals surface area contributed by atoms with Gasteiger partial charge in [0.15, 0.2) is 0 Å². The molecule has 1 fully saturated rings. The van der Waals surface area contributed by atoms with Crippen LogP contribution < -0.4 is 5.32 Å². The second-order valence-corrected chi connectivity index (χ2v) is 8.82. The van der Waals surface area contributed by atoms with Crippen molar-refractivity contribution in [2.75, 3.05) is 7.05 Å². The molecule has 1 saturated carbocycles. The minimum Gasteiger partial charge on any atom is -0.315 e. The maximum absolute atomic E-state index is 3.50. The standard InChI is InChI=1S/C14H28IN/c1-13(2,16-4)12-8-6-5-7-10-14(3,15)11-9-12/h12,16H,5-11H2,1-4H3. The van der Waals surface area contributed by atoms with Crippen LogP contribution in [0.15, 0.2) is 0 Å². The Bertz CT molecular complexity index is 211. The van der Waals surface area contributed by atoms with E-state index < -0.39 is 0 Å². The highest BCUT2D eigenvalue weighted by Gasteiger charge is 2.30. The van der Waals surface area contributed by atoms with Gasteiger partial charge in [0, 0.05) is 8.96 Å². The molecule has 96 valence electrons. The normalized spacial score (nSPS) is 33.9. The first-order valence-electron chi connectivity index (χ1n) is 6.75. The van der Waals surface area contributed by atoms with Crippen molar-refractivity contribution in [2.24, 2.45) is 5.92 Å². The number of hydrogen-bond acceptors (Lipinski definition) is 1. The van der Waals surface area contributed by atoms with Crippen molar-refractivity contribution >= 4 is 22.6 Å². The minimum absolute atomic E-state index is 0.303. The van der Waals surface area contributed by atoms with Gasteiger partial charge in [0.05, 0.1) is 0 Å². The Labute approximate surface area is 115 Å². The molecule has 0 saturated heterocycles. The van der Waals surface area contributed by atoms with Crippen LogP contribution in [0.25, 0.3) is 0 Å². The molecule has 0 aromatic carbocycles. The molecule has 0 amide bonds. The fraction of sp³-hybridized carbons (Fsp3) is 1.00. The molecule has 0 aromatic rings. The smallest absolute Gasteiger partial charge is 0.0194 e. The highest BCUT2D eigenvalue weighted by Crippen LogP contribution is 2.37. The molecule has 0 bridgehead atoms. The van der Waals surface area contributed by atoms with Crippen molar-refractivity contribution in [3.63, 3.8) is 0 Å². The molecule has 1 nitrogen and oxygen atoms in total. The molecule has 1 N–H and O–H groups in total. The highest BCUT2D eigenvalue weighted by molar-refractivity contribution is 14.1. The van der Waals surface area contributed by atoms with E-state index in [2.05, 4.69) is 55.7 Å². The van der Waals surface area contributed by atoms with Crippen molar-refractivity contribution in [2.45, 2.75) is 74.7 Å². The van der Waals surface area contributed by atoms with Crippen molar-refractivity contribution < 1.29 is 0 Å². The average Bonchev–Trinajstić information content (AvgIpc) is 2.28. The van der Waals surface area contributed by atoms with Crippen molar-refractivity contribution in [1.82, 2.24) is 5.32 Å². The Kier molecular flexibility index (Phi) is 5.56. The molecular weight excluding hydrogens is 309 g/mol. The predicted molar refractivity (Wildman–Crippen MR) is 81.4 cm³/mol. The number of rotatable bonds is 2. The first-order chi connectivity index (χ1) is 7.37. The summed E-state index contributed by atoms with van der Waals surface area (Å²) >= 11 is 2.68. The molecule has 16 heavy (non-hydrogen) atoms. The maximum atomic E-state index is 3.50. The molecule has 0 aromatic heterocycles. The van der Waals surface area contributed by atoms with Crippen molar-refractivity contribution in [1.29, 1.82) is 0 Å². The number of nitrogens with one attached hydrogen (secondary N) is 1. The topological polar surface area (TPSA) is 12.0 Å². The lowest BCUT2D eigenvalue weighted by Crippen LogP contribution is -2.44. The van der Waals surface area contributed by atoms with E-state index in [-0.39, 0.29) is 0 Å². The van der Waals surface area contributed by atoms with Gasteiger partial charge < -0.3 is 5.32 Å². The molecule has 2 atom stereocenters. The highest BCUT2D eigenvalue weighted by atomic mass is 127. The maximum Gasteiger partial charge on any atom is 0.0194 e. The van der Waals surface area contributed by atoms with Gasteiger partial charge in [0.2, 0.25) is 0 Å². The fourth-order valence-corrected chi connectivity index (χ4v) is 3.42. The van der Waals surface area contributed by atoms with E-state index in [1.165, 1.54) is 44.9 Å². The third-order valence-electron chi connectivity index (χ3n) is 4.43. The Morgan fingerprint density at radius 2 is 1.81 bits per heavy atom. The first-order valence-corrected chi connectivity index (χ1v) is 7.83. The van der Waals surface area contributed by atoms with Gasteiger partial charge in [-0.3, -0.25) is 0 Å². The molecule has 0 spiro atoms. The van der Waals surface area contributed by atoms with Crippen LogP contribution in [-0.4, -0.2) is 16.0 Å². The summed E-state index contributed by atoms with van der Waals surface area (Å²) in [4.78, 5) is 0. The van der Waals surface area contributed by atoms with E-state index in [0.717, 1.165) is 5.92 Å². The van der Waals surface area contributed by atoms with Crippen LogP contribution in [0.3, 0.4) is 0 Å². The van der Waals surface area contributed by atoms with E-state index in [0.29, 0.717) is 8.96 Å². The van der Waals surface area contributed by atoms with Crippen LogP contribution >= 0.6 is 22.6 Å². The summed E-state index contributed by atoms with van der Waals surface area (Å²) in [5.41, 5.74) is 0.303. The molecule has 0 aliphatic heterocycles. The lowest BCUT2D eigenvalue weighted by molar-refractivity contribution is 0.230. The Balaban J connectivity index is 2.64. The van der Waals surface area contributed by atoms with Gasteiger partial charge in [-0.05, 0) is 52.5 Å². The number of hydrogen-bond donors (Lipinski definition) is 1. The molecule has 2 heteroatoms. The molecule has 1 aliphatic rings. The molecule has 0 radical (unpaired) electrons. The van der Waals surface area contributed by atoms with Gasteiger partial charge in [0.1, 0.15) is 0 Å². The lowest BCUT2D eigenvalue weighted by atomic mass is 9.80. The summed E-state index contributed by atoms with van der Waals surface area (Å²) in [7, 11) is 2.11. The molecule has 1 aliphatic carbocycles. The van der Waals surface area contributed by atoms with Gasteiger partial charge >= 0.3 is 0 Å². The molecule has 1 rings (SSSR count). The van der Waals surface area contributed by atoms with Crippen LogP contribution in [0.4, 0.5) is 0 Å². The number of alkyl halides is 1. The molecule has 0 heterocycles. The zero-order chi connectivity index (χ0) is 12.2. The summed E-state index contributed by atoms with van der Waals surface area (Å²) in [5.74, 6) is 0.838. The van der Waals surface area contributed by atoms with Crippen LogP contribution in [0.1, 0.15) is 65.7 Å². The minimum atomic E-state index is 0.303. The Hall–Kier alpha value is 0.690. The summed E-state index contributed by atoms with van der Waals surface area (Å²) in [6.45, 7) is 7.16. The summed E-state index contributed by atoms with van der Waals surface area (Å²) in [6.07, 6.45) is 9.83. The molecular formula is C14H28IN. The second-order valence-electron chi connectivity index (χ2n) is 6.22. The van der Waals surface area contributed by atoms with Gasteiger partial charge in [0.25, 0.3) is 0 Å². The summed E-state index contributed by atoms with van der Waals surface area (Å²) in [5, 5.41) is 3.50. The quantitative estimate of drug-likeness (QED) is 0.576. The van der Waals surface area contributed by atoms with Crippen molar-refractivity contribution in [3.8, 4) is 0 Å². The van der Waals surface area contributed by atoms with Crippen LogP contribution in [0.2, 0.25) is 0 Å². The largest absolute Gasteiger partial charge is 0.315 e. The zero-order valence-corrected chi connectivity index (χ0v) is 13.6. The lowest BCUT2D eigenvalue weighted by Gasteiger charge is -2.35. The third kappa shape index (κ3) is 4.52. The van der Waals surface area contributed by atoms with E-state index in [1.54, 1.807) is 0 Å². The second kappa shape index (κ2) is 6.03. The van der Waals surface area contributed by atoms with Gasteiger partial charge in [-0.15, -0.1) is 0 Å². The molecule has 2 unspecified atom stereocenters. The van der Waals surface area contributed by atoms with E-state index in [1.807, 2.05) is 0 Å². The van der Waals surface area contributed by atoms with E-state index in [4.69, 9.17) is 0 Å². The van der Waals surface area contributed by atoms with Crippen LogP contribution in [0.5, 0.6) is 0 Å². The fourth-order valence-electron chi connectivity index (χ4n) is 2.73. The third-order valence-corrected chi connectivity index (χ3v) is 5.51. The van der Waals surface area contributed by atoms with Gasteiger partial charge in [-0.25, -0.2) is 0 Å². The van der Waals surface area contributed by atoms with E-state index >= 15 is 0 Å². The van der Waals surface area contributed by atoms with Crippen LogP contribution in [-0.2, 0) is 0 Å². The van der Waals surface area contributed by atoms with Gasteiger partial charge in [-0.1, -0.05) is 48.8 Å². The Morgan fingerprint density at radius 1 is 1.12 bits per heavy atom. The SMILES string of the molecule is CNC(C)(C)C1CCCCCC(C)(I)CC1. The predicted octanol–water partition coefficient (Wildman–Crippen LogP) is 4.54. The van der Waals surface area contributed by atoms with Crippen LogP contribution in [0, 0.1) is 5.92 Å². The van der Waals surface area contributed by atoms with Crippen molar-refractivity contribution in [3.05, 3.63) is 0 Å². The average molecular weight is 337 g/mol. The number of halogens is 1. The Morgan fingerprint density at radius 3 is 2.44 bits per heavy atom. The van der Waals surface area contributed by atoms with Gasteiger partial charge in [-0.2, -0.15) is 0 Å². The van der Waals surface area contributed by atoms with E-state index in [9.17, 15) is 0 Å². The monoisotopic (exact) mass is 337 g/mol. The first kappa shape index (κ1) is 14.7. The summed E-state index contributed by atoms with van der Waals surface area (Å²) < 4.78 is 0.532. The summed E-state index contributed by atoms with van der Waals surface area (Å²) in [6, 6.07) is 0.